The lowest BCUT2D eigenvalue weighted by atomic mass is 10.2. The third-order valence-electron chi connectivity index (χ3n) is 2.58. The minimum atomic E-state index is -0.420. The minimum absolute atomic E-state index is 0.00624. The fourth-order valence-electron chi connectivity index (χ4n) is 1.58. The highest BCUT2D eigenvalue weighted by Crippen LogP contribution is 2.28. The van der Waals surface area contributed by atoms with Gasteiger partial charge in [0.1, 0.15) is 0 Å². The van der Waals surface area contributed by atoms with Crippen molar-refractivity contribution < 1.29 is 14.4 Å². The molecule has 112 valence electrons. The molecule has 1 aromatic carbocycles. The molecule has 1 aromatic rings. The van der Waals surface area contributed by atoms with Gasteiger partial charge >= 0.3 is 5.69 Å². The summed E-state index contributed by atoms with van der Waals surface area (Å²) in [5.74, 6) is 1.13. The number of nitro groups is 1. The molecule has 0 heterocycles. The van der Waals surface area contributed by atoms with Gasteiger partial charge in [-0.1, -0.05) is 6.07 Å². The van der Waals surface area contributed by atoms with Crippen LogP contribution in [-0.2, 0) is 11.3 Å². The molecule has 0 saturated heterocycles. The van der Waals surface area contributed by atoms with Gasteiger partial charge in [-0.15, -0.1) is 0 Å². The molecule has 0 unspecified atom stereocenters. The number of hydrogen-bond acceptors (Lipinski definition) is 6. The van der Waals surface area contributed by atoms with E-state index in [1.54, 1.807) is 31.0 Å². The predicted octanol–water partition coefficient (Wildman–Crippen LogP) is 2.07. The summed E-state index contributed by atoms with van der Waals surface area (Å²) < 4.78 is 10.4. The third-order valence-corrected chi connectivity index (χ3v) is 3.15. The number of benzene rings is 1. The van der Waals surface area contributed by atoms with Gasteiger partial charge in [0.15, 0.2) is 5.75 Å². The van der Waals surface area contributed by atoms with Crippen molar-refractivity contribution in [3.63, 3.8) is 0 Å². The molecule has 0 spiro atoms. The molecule has 0 fully saturated rings. The Morgan fingerprint density at radius 1 is 1.40 bits per heavy atom. The lowest BCUT2D eigenvalue weighted by Gasteiger charge is -2.09. The van der Waals surface area contributed by atoms with Crippen molar-refractivity contribution in [3.8, 4) is 5.75 Å². The van der Waals surface area contributed by atoms with Gasteiger partial charge in [-0.05, 0) is 17.9 Å². The molecule has 0 atom stereocenters. The average Bonchev–Trinajstić information content (AvgIpc) is 2.44. The van der Waals surface area contributed by atoms with Crippen LogP contribution in [0, 0.1) is 10.1 Å². The zero-order chi connectivity index (χ0) is 14.8. The minimum Gasteiger partial charge on any atom is -0.486 e. The van der Waals surface area contributed by atoms with Crippen molar-refractivity contribution >= 4 is 17.4 Å². The molecule has 20 heavy (non-hydrogen) atoms. The smallest absolute Gasteiger partial charge is 0.310 e. The number of rotatable bonds is 10. The van der Waals surface area contributed by atoms with Crippen LogP contribution in [0.3, 0.4) is 0 Å². The van der Waals surface area contributed by atoms with Crippen molar-refractivity contribution in [3.05, 3.63) is 33.9 Å². The molecule has 0 aliphatic rings. The number of thioether (sulfide) groups is 1. The summed E-state index contributed by atoms with van der Waals surface area (Å²) in [6, 6.07) is 4.94. The molecule has 7 heteroatoms. The Labute approximate surface area is 123 Å². The summed E-state index contributed by atoms with van der Waals surface area (Å²) in [7, 11) is 1.64. The van der Waals surface area contributed by atoms with Crippen LogP contribution in [0.5, 0.6) is 5.75 Å². The van der Waals surface area contributed by atoms with E-state index in [4.69, 9.17) is 9.47 Å². The maximum Gasteiger partial charge on any atom is 0.310 e. The first-order valence-electron chi connectivity index (χ1n) is 6.27. The largest absolute Gasteiger partial charge is 0.486 e. The van der Waals surface area contributed by atoms with Crippen LogP contribution in [0.15, 0.2) is 18.2 Å². The van der Waals surface area contributed by atoms with E-state index >= 15 is 0 Å². The van der Waals surface area contributed by atoms with Crippen molar-refractivity contribution in [1.82, 2.24) is 5.32 Å². The van der Waals surface area contributed by atoms with E-state index in [0.717, 1.165) is 17.9 Å². The zero-order valence-corrected chi connectivity index (χ0v) is 12.6. The number of nitrogens with zero attached hydrogens (tertiary/aromatic N) is 1. The SMILES string of the molecule is COCCNCc1ccc([N+](=O)[O-])c(OCCSC)c1. The van der Waals surface area contributed by atoms with Crippen LogP contribution >= 0.6 is 11.8 Å². The van der Waals surface area contributed by atoms with Gasteiger partial charge in [-0.2, -0.15) is 11.8 Å². The molecule has 1 N–H and O–H groups in total. The normalized spacial score (nSPS) is 10.5. The van der Waals surface area contributed by atoms with Crippen LogP contribution < -0.4 is 10.1 Å². The van der Waals surface area contributed by atoms with E-state index in [1.165, 1.54) is 6.07 Å². The molecule has 0 aromatic heterocycles. The Morgan fingerprint density at radius 3 is 2.85 bits per heavy atom. The molecule has 0 bridgehead atoms. The number of hydrogen-bond donors (Lipinski definition) is 1. The maximum atomic E-state index is 11.0. The van der Waals surface area contributed by atoms with Gasteiger partial charge in [-0.25, -0.2) is 0 Å². The number of nitro benzene ring substituents is 1. The van der Waals surface area contributed by atoms with Gasteiger partial charge in [0.2, 0.25) is 0 Å². The quantitative estimate of drug-likeness (QED) is 0.405. The number of ether oxygens (including phenoxy) is 2. The van der Waals surface area contributed by atoms with E-state index in [-0.39, 0.29) is 5.69 Å². The molecule has 0 saturated carbocycles. The van der Waals surface area contributed by atoms with Crippen LogP contribution in [0.2, 0.25) is 0 Å². The molecule has 1 rings (SSSR count). The second-order valence-electron chi connectivity index (χ2n) is 4.07. The van der Waals surface area contributed by atoms with Crippen molar-refractivity contribution in [1.29, 1.82) is 0 Å². The first kappa shape index (κ1) is 16.7. The summed E-state index contributed by atoms with van der Waals surface area (Å²) in [6.45, 7) is 2.45. The molecule has 0 aliphatic heterocycles. The van der Waals surface area contributed by atoms with Gasteiger partial charge in [0.05, 0.1) is 18.1 Å². The highest BCUT2D eigenvalue weighted by molar-refractivity contribution is 7.98. The lowest BCUT2D eigenvalue weighted by molar-refractivity contribution is -0.385. The Kier molecular flexibility index (Phi) is 8.01. The molecule has 0 radical (unpaired) electrons. The fourth-order valence-corrected chi connectivity index (χ4v) is 1.83. The van der Waals surface area contributed by atoms with E-state index in [1.807, 2.05) is 6.26 Å². The van der Waals surface area contributed by atoms with Gasteiger partial charge in [0, 0.05) is 32.0 Å². The van der Waals surface area contributed by atoms with Crippen LogP contribution in [-0.4, -0.2) is 43.8 Å². The summed E-state index contributed by atoms with van der Waals surface area (Å²) >= 11 is 1.64. The molecular formula is C13H20N2O4S. The van der Waals surface area contributed by atoms with E-state index in [9.17, 15) is 10.1 Å². The highest BCUT2D eigenvalue weighted by Gasteiger charge is 2.15. The Morgan fingerprint density at radius 2 is 2.20 bits per heavy atom. The first-order valence-corrected chi connectivity index (χ1v) is 7.67. The topological polar surface area (TPSA) is 73.6 Å². The first-order chi connectivity index (χ1) is 9.69. The van der Waals surface area contributed by atoms with Crippen molar-refractivity contribution in [2.75, 3.05) is 38.9 Å². The lowest BCUT2D eigenvalue weighted by Crippen LogP contribution is -2.18. The van der Waals surface area contributed by atoms with E-state index in [2.05, 4.69) is 5.32 Å². The van der Waals surface area contributed by atoms with Gasteiger partial charge < -0.3 is 14.8 Å². The Bertz CT molecular complexity index is 429. The molecular weight excluding hydrogens is 280 g/mol. The third kappa shape index (κ3) is 5.77. The summed E-state index contributed by atoms with van der Waals surface area (Å²) in [5, 5.41) is 14.1. The number of nitrogens with one attached hydrogen (secondary N) is 1. The average molecular weight is 300 g/mol. The van der Waals surface area contributed by atoms with Crippen LogP contribution in [0.1, 0.15) is 5.56 Å². The molecule has 6 nitrogen and oxygen atoms in total. The number of methoxy groups -OCH3 is 1. The molecule has 0 aliphatic carbocycles. The molecule has 0 amide bonds. The Balaban J connectivity index is 2.68. The highest BCUT2D eigenvalue weighted by atomic mass is 32.2. The van der Waals surface area contributed by atoms with Crippen molar-refractivity contribution in [2.45, 2.75) is 6.54 Å². The second-order valence-corrected chi connectivity index (χ2v) is 5.06. The predicted molar refractivity (Wildman–Crippen MR) is 80.6 cm³/mol. The fraction of sp³-hybridized carbons (Fsp3) is 0.538. The summed E-state index contributed by atoms with van der Waals surface area (Å²) in [6.07, 6.45) is 1.97. The van der Waals surface area contributed by atoms with Crippen LogP contribution in [0.25, 0.3) is 0 Å². The maximum absolute atomic E-state index is 11.0. The summed E-state index contributed by atoms with van der Waals surface area (Å²) in [5.41, 5.74) is 0.956. The van der Waals surface area contributed by atoms with Gasteiger partial charge in [-0.3, -0.25) is 10.1 Å². The van der Waals surface area contributed by atoms with Crippen LogP contribution in [0.4, 0.5) is 5.69 Å². The van der Waals surface area contributed by atoms with Crippen molar-refractivity contribution in [2.24, 2.45) is 0 Å². The van der Waals surface area contributed by atoms with E-state index < -0.39 is 4.92 Å². The second kappa shape index (κ2) is 9.57. The van der Waals surface area contributed by atoms with E-state index in [0.29, 0.717) is 25.5 Å². The summed E-state index contributed by atoms with van der Waals surface area (Å²) in [4.78, 5) is 10.5. The monoisotopic (exact) mass is 300 g/mol. The van der Waals surface area contributed by atoms with Gasteiger partial charge in [0.25, 0.3) is 0 Å². The Hall–Kier alpha value is -1.31. The zero-order valence-electron chi connectivity index (χ0n) is 11.8. The standard InChI is InChI=1S/C13H20N2O4S/c1-18-6-5-14-10-11-3-4-12(15(16)17)13(9-11)19-7-8-20-2/h3-4,9,14H,5-8,10H2,1-2H3.